The quantitative estimate of drug-likeness (QED) is 0.657. The fourth-order valence-electron chi connectivity index (χ4n) is 4.18. The number of aromatic hydroxyl groups is 2. The van der Waals surface area contributed by atoms with Crippen LogP contribution in [0.15, 0.2) is 45.6 Å². The number of hydrogen-bond donors (Lipinski definition) is 2. The number of benzene rings is 2. The monoisotopic (exact) mass is 336 g/mol. The van der Waals surface area contributed by atoms with Gasteiger partial charge in [-0.15, -0.1) is 0 Å². The van der Waals surface area contributed by atoms with Crippen molar-refractivity contribution < 1.29 is 19.4 Å². The average molecular weight is 336 g/mol. The lowest BCUT2D eigenvalue weighted by atomic mass is 9.72. The van der Waals surface area contributed by atoms with E-state index in [1.165, 1.54) is 12.1 Å². The van der Waals surface area contributed by atoms with Crippen molar-refractivity contribution in [2.24, 2.45) is 0 Å². The van der Waals surface area contributed by atoms with E-state index >= 15 is 0 Å². The van der Waals surface area contributed by atoms with Gasteiger partial charge in [0, 0.05) is 35.6 Å². The highest BCUT2D eigenvalue weighted by atomic mass is 16.5. The molecule has 0 spiro atoms. The Morgan fingerprint density at radius 2 is 1.88 bits per heavy atom. The fraction of sp³-hybridized carbons (Fsp3) is 0.250. The Bertz CT molecular complexity index is 1100. The van der Waals surface area contributed by atoms with Gasteiger partial charge in [-0.25, -0.2) is 0 Å². The Morgan fingerprint density at radius 1 is 1.12 bits per heavy atom. The van der Waals surface area contributed by atoms with Gasteiger partial charge in [0.05, 0.1) is 5.39 Å². The van der Waals surface area contributed by atoms with Crippen LogP contribution in [0.3, 0.4) is 0 Å². The molecular weight excluding hydrogens is 320 g/mol. The van der Waals surface area contributed by atoms with E-state index in [0.717, 1.165) is 5.56 Å². The van der Waals surface area contributed by atoms with Gasteiger partial charge in [-0.1, -0.05) is 6.07 Å². The van der Waals surface area contributed by atoms with E-state index in [2.05, 4.69) is 0 Å². The Kier molecular flexibility index (Phi) is 2.63. The van der Waals surface area contributed by atoms with E-state index in [4.69, 9.17) is 9.15 Å². The summed E-state index contributed by atoms with van der Waals surface area (Å²) < 4.78 is 12.1. The molecule has 1 aliphatic carbocycles. The number of ether oxygens (including phenoxy) is 1. The summed E-state index contributed by atoms with van der Waals surface area (Å²) in [5.74, 6) is 1.31. The first-order valence-electron chi connectivity index (χ1n) is 8.24. The summed E-state index contributed by atoms with van der Waals surface area (Å²) in [5.41, 5.74) is 1.37. The second-order valence-corrected chi connectivity index (χ2v) is 7.16. The van der Waals surface area contributed by atoms with E-state index in [9.17, 15) is 15.0 Å². The Balaban J connectivity index is 1.83. The lowest BCUT2D eigenvalue weighted by Crippen LogP contribution is -2.45. The van der Waals surface area contributed by atoms with Crippen molar-refractivity contribution in [3.63, 3.8) is 0 Å². The molecule has 2 N–H and O–H groups in total. The summed E-state index contributed by atoms with van der Waals surface area (Å²) in [7, 11) is 0. The molecule has 2 atom stereocenters. The topological polar surface area (TPSA) is 79.9 Å². The van der Waals surface area contributed by atoms with E-state index in [1.54, 1.807) is 18.2 Å². The molecule has 2 bridgehead atoms. The van der Waals surface area contributed by atoms with Gasteiger partial charge in [-0.3, -0.25) is 4.79 Å². The average Bonchev–Trinajstić information content (AvgIpc) is 2.53. The number of fused-ring (bicyclic) bond motifs is 7. The van der Waals surface area contributed by atoms with Crippen molar-refractivity contribution in [1.29, 1.82) is 0 Å². The van der Waals surface area contributed by atoms with Crippen LogP contribution in [0.5, 0.6) is 17.2 Å². The highest BCUT2D eigenvalue weighted by Crippen LogP contribution is 2.50. The zero-order valence-corrected chi connectivity index (χ0v) is 13.6. The van der Waals surface area contributed by atoms with Crippen molar-refractivity contribution in [3.05, 3.63) is 63.5 Å². The van der Waals surface area contributed by atoms with Crippen molar-refractivity contribution in [1.82, 2.24) is 0 Å². The number of phenolic OH excluding ortho intramolecular Hbond substituents is 2. The minimum atomic E-state index is -0.501. The molecule has 0 amide bonds. The molecule has 126 valence electrons. The van der Waals surface area contributed by atoms with Crippen molar-refractivity contribution >= 4 is 11.0 Å². The third-order valence-corrected chi connectivity index (χ3v) is 5.24. The molecule has 1 aliphatic heterocycles. The van der Waals surface area contributed by atoms with Gasteiger partial charge >= 0.3 is 0 Å². The molecule has 0 fully saturated rings. The van der Waals surface area contributed by atoms with E-state index in [1.807, 2.05) is 13.0 Å². The summed E-state index contributed by atoms with van der Waals surface area (Å²) in [6.45, 7) is 1.99. The molecule has 25 heavy (non-hydrogen) atoms. The van der Waals surface area contributed by atoms with Crippen LogP contribution in [0.1, 0.15) is 36.1 Å². The molecule has 0 radical (unpaired) electrons. The number of rotatable bonds is 0. The van der Waals surface area contributed by atoms with E-state index in [-0.39, 0.29) is 22.8 Å². The Morgan fingerprint density at radius 3 is 2.72 bits per heavy atom. The number of hydrogen-bond acceptors (Lipinski definition) is 5. The predicted octanol–water partition coefficient (Wildman–Crippen LogP) is 3.43. The fourth-order valence-corrected chi connectivity index (χ4v) is 4.18. The van der Waals surface area contributed by atoms with E-state index in [0.29, 0.717) is 40.9 Å². The minimum absolute atomic E-state index is 0.0647. The summed E-state index contributed by atoms with van der Waals surface area (Å²) in [5, 5.41) is 19.9. The molecule has 0 saturated carbocycles. The minimum Gasteiger partial charge on any atom is -0.508 e. The van der Waals surface area contributed by atoms with Crippen LogP contribution in [0.25, 0.3) is 11.0 Å². The van der Waals surface area contributed by atoms with Crippen LogP contribution in [0.2, 0.25) is 0 Å². The maximum Gasteiger partial charge on any atom is 0.196 e. The molecule has 3 aromatic rings. The smallest absolute Gasteiger partial charge is 0.196 e. The van der Waals surface area contributed by atoms with Gasteiger partial charge in [0.15, 0.2) is 5.43 Å². The zero-order chi connectivity index (χ0) is 17.3. The highest BCUT2D eigenvalue weighted by Gasteiger charge is 2.46. The SMILES string of the molecule is CC12Cc3oc4cc(O)ccc4c(=O)c3C(C1)c1ccc(O)cc1O2. The molecular formula is C20H16O5. The molecule has 2 aromatic carbocycles. The van der Waals surface area contributed by atoms with Crippen molar-refractivity contribution in [3.8, 4) is 17.2 Å². The summed E-state index contributed by atoms with van der Waals surface area (Å²) in [6.07, 6.45) is 1.15. The maximum atomic E-state index is 13.1. The van der Waals surface area contributed by atoms with Crippen molar-refractivity contribution in [2.75, 3.05) is 0 Å². The molecule has 1 aromatic heterocycles. The first kappa shape index (κ1) is 14.4. The Hall–Kier alpha value is -2.95. The summed E-state index contributed by atoms with van der Waals surface area (Å²) >= 11 is 0. The van der Waals surface area contributed by atoms with Crippen molar-refractivity contribution in [2.45, 2.75) is 31.3 Å². The molecule has 5 heteroatoms. The lowest BCUT2D eigenvalue weighted by molar-refractivity contribution is 0.0433. The maximum absolute atomic E-state index is 13.1. The van der Waals surface area contributed by atoms with Gasteiger partial charge in [0.25, 0.3) is 0 Å². The molecule has 2 unspecified atom stereocenters. The molecule has 2 heterocycles. The third kappa shape index (κ3) is 1.98. The predicted molar refractivity (Wildman–Crippen MR) is 91.5 cm³/mol. The van der Waals surface area contributed by atoms with Gasteiger partial charge < -0.3 is 19.4 Å². The number of phenols is 2. The molecule has 2 aliphatic rings. The zero-order valence-electron chi connectivity index (χ0n) is 13.6. The van der Waals surface area contributed by atoms with Crippen LogP contribution < -0.4 is 10.2 Å². The summed E-state index contributed by atoms with van der Waals surface area (Å²) in [6, 6.07) is 9.59. The second-order valence-electron chi connectivity index (χ2n) is 7.16. The van der Waals surface area contributed by atoms with Crippen LogP contribution in [-0.2, 0) is 6.42 Å². The molecule has 0 saturated heterocycles. The van der Waals surface area contributed by atoms with Gasteiger partial charge in [-0.2, -0.15) is 0 Å². The normalized spacial score (nSPS) is 23.6. The van der Waals surface area contributed by atoms with Gasteiger partial charge in [-0.05, 0) is 31.5 Å². The lowest BCUT2D eigenvalue weighted by Gasteiger charge is -2.43. The van der Waals surface area contributed by atoms with Crippen LogP contribution >= 0.6 is 0 Å². The van der Waals surface area contributed by atoms with Gasteiger partial charge in [0.1, 0.15) is 34.2 Å². The van der Waals surface area contributed by atoms with Crippen LogP contribution in [0.4, 0.5) is 0 Å². The van der Waals surface area contributed by atoms with Gasteiger partial charge in [0.2, 0.25) is 0 Å². The molecule has 5 rings (SSSR count). The van der Waals surface area contributed by atoms with Crippen LogP contribution in [-0.4, -0.2) is 15.8 Å². The standard InChI is InChI=1S/C20H16O5/c1-20-8-14(12-4-2-11(22)7-16(12)25-20)18-17(9-20)24-15-6-10(21)3-5-13(15)19(18)23/h2-7,14,21-22H,8-9H2,1H3. The third-order valence-electron chi connectivity index (χ3n) is 5.24. The van der Waals surface area contributed by atoms with Crippen LogP contribution in [0, 0.1) is 0 Å². The Labute approximate surface area is 143 Å². The van der Waals surface area contributed by atoms with E-state index < -0.39 is 5.60 Å². The first-order chi connectivity index (χ1) is 11.9. The molecule has 5 nitrogen and oxygen atoms in total. The largest absolute Gasteiger partial charge is 0.508 e. The summed E-state index contributed by atoms with van der Waals surface area (Å²) in [4.78, 5) is 13.1. The first-order valence-corrected chi connectivity index (χ1v) is 8.24. The second kappa shape index (κ2) is 4.57. The highest BCUT2D eigenvalue weighted by molar-refractivity contribution is 5.79.